The molecule has 2 aromatic heterocycles. The summed E-state index contributed by atoms with van der Waals surface area (Å²) in [6, 6.07) is 5.40. The lowest BCUT2D eigenvalue weighted by molar-refractivity contribution is 0.224. The monoisotopic (exact) mass is 275 g/mol. The molecular formula is C15H21N3O2. The zero-order valence-electron chi connectivity index (χ0n) is 12.0. The van der Waals surface area contributed by atoms with Gasteiger partial charge in [-0.2, -0.15) is 0 Å². The van der Waals surface area contributed by atoms with Crippen LogP contribution in [0, 0.1) is 6.92 Å². The molecule has 0 saturated heterocycles. The van der Waals surface area contributed by atoms with E-state index in [2.05, 4.69) is 16.8 Å². The first-order chi connectivity index (χ1) is 9.63. The number of hydrogen-bond donors (Lipinski definition) is 1. The van der Waals surface area contributed by atoms with Gasteiger partial charge >= 0.3 is 0 Å². The quantitative estimate of drug-likeness (QED) is 0.861. The fourth-order valence-electron chi connectivity index (χ4n) is 2.21. The fourth-order valence-corrected chi connectivity index (χ4v) is 2.21. The summed E-state index contributed by atoms with van der Waals surface area (Å²) in [7, 11) is 0. The molecule has 0 aliphatic rings. The van der Waals surface area contributed by atoms with Gasteiger partial charge in [0.25, 0.3) is 5.56 Å². The van der Waals surface area contributed by atoms with Gasteiger partial charge in [-0.05, 0) is 37.6 Å². The zero-order chi connectivity index (χ0) is 14.5. The Morgan fingerprint density at radius 1 is 1.40 bits per heavy atom. The average molecular weight is 275 g/mol. The number of aromatic nitrogens is 2. The van der Waals surface area contributed by atoms with E-state index in [1.54, 1.807) is 16.7 Å². The van der Waals surface area contributed by atoms with Crippen LogP contribution in [0.4, 0.5) is 0 Å². The molecule has 0 aliphatic carbocycles. The molecule has 0 amide bonds. The second-order valence-electron chi connectivity index (χ2n) is 4.96. The van der Waals surface area contributed by atoms with Crippen LogP contribution in [0.25, 0.3) is 5.65 Å². The fraction of sp³-hybridized carbons (Fsp3) is 0.467. The Kier molecular flexibility index (Phi) is 4.87. The maximum Gasteiger partial charge on any atom is 0.258 e. The van der Waals surface area contributed by atoms with Gasteiger partial charge in [0.2, 0.25) is 0 Å². The maximum absolute atomic E-state index is 12.1. The number of aryl methyl sites for hydroxylation is 1. The van der Waals surface area contributed by atoms with E-state index in [1.165, 1.54) is 0 Å². The molecule has 0 bridgehead atoms. The third kappa shape index (κ3) is 3.43. The van der Waals surface area contributed by atoms with Gasteiger partial charge in [0.1, 0.15) is 5.65 Å². The summed E-state index contributed by atoms with van der Waals surface area (Å²) in [5.41, 5.74) is 2.50. The highest BCUT2D eigenvalue weighted by molar-refractivity contribution is 5.41. The zero-order valence-corrected chi connectivity index (χ0v) is 12.0. The molecule has 0 saturated carbocycles. The van der Waals surface area contributed by atoms with E-state index in [9.17, 15) is 4.79 Å². The molecule has 0 aliphatic heterocycles. The van der Waals surface area contributed by atoms with E-state index in [-0.39, 0.29) is 12.2 Å². The molecule has 2 aromatic rings. The highest BCUT2D eigenvalue weighted by Crippen LogP contribution is 2.05. The number of rotatable bonds is 6. The standard InChI is InChI=1S/C15H21N3O2/c1-3-17(6-4-8-19)11-13-10-15(20)18-7-5-12(2)9-14(18)16-13/h5,7,9-10,19H,3-4,6,8,11H2,1-2H3. The minimum Gasteiger partial charge on any atom is -0.396 e. The largest absolute Gasteiger partial charge is 0.396 e. The van der Waals surface area contributed by atoms with Crippen LogP contribution in [0.15, 0.2) is 29.2 Å². The van der Waals surface area contributed by atoms with Gasteiger partial charge in [0.05, 0.1) is 5.69 Å². The van der Waals surface area contributed by atoms with E-state index in [0.29, 0.717) is 12.2 Å². The minimum atomic E-state index is -0.0526. The van der Waals surface area contributed by atoms with Gasteiger partial charge in [0, 0.05) is 32.0 Å². The van der Waals surface area contributed by atoms with Crippen molar-refractivity contribution in [3.63, 3.8) is 0 Å². The molecule has 0 aromatic carbocycles. The first-order valence-corrected chi connectivity index (χ1v) is 6.96. The molecule has 108 valence electrons. The lowest BCUT2D eigenvalue weighted by Crippen LogP contribution is -2.26. The van der Waals surface area contributed by atoms with Crippen molar-refractivity contribution in [2.45, 2.75) is 26.8 Å². The van der Waals surface area contributed by atoms with Gasteiger partial charge in [-0.25, -0.2) is 4.98 Å². The van der Waals surface area contributed by atoms with Gasteiger partial charge in [-0.3, -0.25) is 14.1 Å². The van der Waals surface area contributed by atoms with Gasteiger partial charge in [0.15, 0.2) is 0 Å². The van der Waals surface area contributed by atoms with Gasteiger partial charge in [-0.15, -0.1) is 0 Å². The highest BCUT2D eigenvalue weighted by Gasteiger charge is 2.07. The second kappa shape index (κ2) is 6.63. The Labute approximate surface area is 118 Å². The number of pyridine rings is 1. The summed E-state index contributed by atoms with van der Waals surface area (Å²) in [6.07, 6.45) is 2.49. The van der Waals surface area contributed by atoms with Crippen LogP contribution in [0.3, 0.4) is 0 Å². The van der Waals surface area contributed by atoms with Crippen LogP contribution in [-0.4, -0.2) is 39.1 Å². The van der Waals surface area contributed by atoms with Crippen LogP contribution in [0.1, 0.15) is 24.6 Å². The van der Waals surface area contributed by atoms with Crippen molar-refractivity contribution in [2.24, 2.45) is 0 Å². The molecule has 0 radical (unpaired) electrons. The number of fused-ring (bicyclic) bond motifs is 1. The molecule has 0 spiro atoms. The van der Waals surface area contributed by atoms with Crippen molar-refractivity contribution in [3.8, 4) is 0 Å². The molecule has 0 atom stereocenters. The molecule has 0 fully saturated rings. The summed E-state index contributed by atoms with van der Waals surface area (Å²) in [5.74, 6) is 0. The minimum absolute atomic E-state index is 0.0526. The van der Waals surface area contributed by atoms with E-state index < -0.39 is 0 Å². The molecule has 5 nitrogen and oxygen atoms in total. The van der Waals surface area contributed by atoms with E-state index >= 15 is 0 Å². The van der Waals surface area contributed by atoms with Gasteiger partial charge in [-0.1, -0.05) is 6.92 Å². The summed E-state index contributed by atoms with van der Waals surface area (Å²) >= 11 is 0. The lowest BCUT2D eigenvalue weighted by Gasteiger charge is -2.19. The number of aliphatic hydroxyl groups is 1. The molecule has 5 heteroatoms. The van der Waals surface area contributed by atoms with Crippen LogP contribution in [-0.2, 0) is 6.54 Å². The smallest absolute Gasteiger partial charge is 0.258 e. The van der Waals surface area contributed by atoms with E-state index in [0.717, 1.165) is 30.8 Å². The predicted octanol–water partition coefficient (Wildman–Crippen LogP) is 1.21. The Morgan fingerprint density at radius 2 is 2.20 bits per heavy atom. The first kappa shape index (κ1) is 14.7. The number of nitrogens with zero attached hydrogens (tertiary/aromatic N) is 3. The predicted molar refractivity (Wildman–Crippen MR) is 78.9 cm³/mol. The Morgan fingerprint density at radius 3 is 2.90 bits per heavy atom. The molecule has 2 heterocycles. The third-order valence-electron chi connectivity index (χ3n) is 3.34. The Hall–Kier alpha value is -1.72. The highest BCUT2D eigenvalue weighted by atomic mass is 16.3. The topological polar surface area (TPSA) is 57.8 Å². The third-order valence-corrected chi connectivity index (χ3v) is 3.34. The molecule has 2 rings (SSSR count). The van der Waals surface area contributed by atoms with E-state index in [1.807, 2.05) is 19.1 Å². The molecular weight excluding hydrogens is 254 g/mol. The van der Waals surface area contributed by atoms with E-state index in [4.69, 9.17) is 5.11 Å². The maximum atomic E-state index is 12.1. The van der Waals surface area contributed by atoms with Crippen molar-refractivity contribution in [3.05, 3.63) is 46.0 Å². The summed E-state index contributed by atoms with van der Waals surface area (Å²) < 4.78 is 1.56. The number of hydrogen-bond acceptors (Lipinski definition) is 4. The van der Waals surface area contributed by atoms with Crippen LogP contribution >= 0.6 is 0 Å². The lowest BCUT2D eigenvalue weighted by atomic mass is 10.3. The second-order valence-corrected chi connectivity index (χ2v) is 4.96. The SMILES string of the molecule is CCN(CCCO)Cc1cc(=O)n2ccc(C)cc2n1. The van der Waals surface area contributed by atoms with Crippen molar-refractivity contribution in [1.29, 1.82) is 0 Å². The first-order valence-electron chi connectivity index (χ1n) is 6.96. The van der Waals surface area contributed by atoms with Crippen LogP contribution in [0.2, 0.25) is 0 Å². The van der Waals surface area contributed by atoms with Gasteiger partial charge < -0.3 is 5.11 Å². The van der Waals surface area contributed by atoms with Crippen LogP contribution in [0.5, 0.6) is 0 Å². The molecule has 0 unspecified atom stereocenters. The van der Waals surface area contributed by atoms with Crippen molar-refractivity contribution >= 4 is 5.65 Å². The Balaban J connectivity index is 2.28. The van der Waals surface area contributed by atoms with Crippen molar-refractivity contribution in [2.75, 3.05) is 19.7 Å². The van der Waals surface area contributed by atoms with Crippen LogP contribution < -0.4 is 5.56 Å². The summed E-state index contributed by atoms with van der Waals surface area (Å²) in [6.45, 7) is 6.55. The normalized spacial score (nSPS) is 11.4. The molecule has 20 heavy (non-hydrogen) atoms. The van der Waals surface area contributed by atoms with Crippen molar-refractivity contribution in [1.82, 2.24) is 14.3 Å². The molecule has 1 N–H and O–H groups in total. The summed E-state index contributed by atoms with van der Waals surface area (Å²) in [5, 5.41) is 8.90. The van der Waals surface area contributed by atoms with Crippen molar-refractivity contribution < 1.29 is 5.11 Å². The Bertz CT molecular complexity index is 637. The summed E-state index contributed by atoms with van der Waals surface area (Å²) in [4.78, 5) is 18.8. The number of aliphatic hydroxyl groups excluding tert-OH is 1. The average Bonchev–Trinajstić information content (AvgIpc) is 2.42.